The Labute approximate surface area is 89.7 Å². The number of aliphatic carboxylic acids is 1. The summed E-state index contributed by atoms with van der Waals surface area (Å²) in [6.45, 7) is -0.355. The largest absolute Gasteiger partial charge is 0.480 e. The van der Waals surface area contributed by atoms with Crippen molar-refractivity contribution in [1.82, 2.24) is 0 Å². The SMILES string of the molecule is O=C(O)CN(C(=O)CCl)c1cccs1. The molecule has 0 unspecified atom stereocenters. The van der Waals surface area contributed by atoms with Crippen LogP contribution in [0, 0.1) is 0 Å². The highest BCUT2D eigenvalue weighted by atomic mass is 35.5. The normalized spacial score (nSPS) is 9.79. The summed E-state index contributed by atoms with van der Waals surface area (Å²) in [5.74, 6) is -1.68. The van der Waals surface area contributed by atoms with E-state index in [1.165, 1.54) is 11.3 Å². The van der Waals surface area contributed by atoms with E-state index < -0.39 is 11.9 Å². The van der Waals surface area contributed by atoms with Gasteiger partial charge in [-0.25, -0.2) is 0 Å². The van der Waals surface area contributed by atoms with Crippen LogP contribution in [0.2, 0.25) is 0 Å². The highest BCUT2D eigenvalue weighted by molar-refractivity contribution is 7.14. The van der Waals surface area contributed by atoms with E-state index in [9.17, 15) is 9.59 Å². The molecule has 0 bridgehead atoms. The van der Waals surface area contributed by atoms with Crippen molar-refractivity contribution in [3.63, 3.8) is 0 Å². The molecule has 1 aromatic heterocycles. The second-order valence-corrected chi connectivity index (χ2v) is 3.65. The number of carboxylic acids is 1. The summed E-state index contributed by atoms with van der Waals surface area (Å²) in [7, 11) is 0. The Morgan fingerprint density at radius 1 is 1.57 bits per heavy atom. The Bertz CT molecular complexity index is 325. The molecule has 1 aromatic rings. The molecule has 1 N–H and O–H groups in total. The summed E-state index contributed by atoms with van der Waals surface area (Å²) in [5.41, 5.74) is 0. The van der Waals surface area contributed by atoms with Crippen molar-refractivity contribution in [1.29, 1.82) is 0 Å². The van der Waals surface area contributed by atoms with Crippen LogP contribution in [-0.2, 0) is 9.59 Å². The second-order valence-electron chi connectivity index (χ2n) is 2.46. The molecular formula is C8H8ClNO3S. The highest BCUT2D eigenvalue weighted by Gasteiger charge is 2.18. The quantitative estimate of drug-likeness (QED) is 0.800. The Morgan fingerprint density at radius 3 is 2.71 bits per heavy atom. The minimum atomic E-state index is -1.06. The van der Waals surface area contributed by atoms with Crippen molar-refractivity contribution in [2.75, 3.05) is 17.3 Å². The Hall–Kier alpha value is -1.07. The van der Waals surface area contributed by atoms with Crippen molar-refractivity contribution in [2.45, 2.75) is 0 Å². The number of alkyl halides is 1. The number of carbonyl (C=O) groups is 2. The monoisotopic (exact) mass is 233 g/mol. The van der Waals surface area contributed by atoms with Crippen molar-refractivity contribution >= 4 is 39.8 Å². The maximum atomic E-state index is 11.3. The molecule has 0 atom stereocenters. The summed E-state index contributed by atoms with van der Waals surface area (Å²) in [6, 6.07) is 3.43. The number of carbonyl (C=O) groups excluding carboxylic acids is 1. The van der Waals surface area contributed by atoms with Gasteiger partial charge in [0.15, 0.2) is 0 Å². The van der Waals surface area contributed by atoms with E-state index in [4.69, 9.17) is 16.7 Å². The van der Waals surface area contributed by atoms with E-state index in [-0.39, 0.29) is 12.4 Å². The van der Waals surface area contributed by atoms with Crippen molar-refractivity contribution in [2.24, 2.45) is 0 Å². The maximum Gasteiger partial charge on any atom is 0.323 e. The first-order chi connectivity index (χ1) is 6.65. The second kappa shape index (κ2) is 4.97. The molecule has 1 rings (SSSR count). The molecule has 76 valence electrons. The maximum absolute atomic E-state index is 11.3. The van der Waals surface area contributed by atoms with Gasteiger partial charge in [-0.3, -0.25) is 14.5 Å². The number of hydrogen-bond acceptors (Lipinski definition) is 3. The predicted octanol–water partition coefficient (Wildman–Crippen LogP) is 1.40. The summed E-state index contributed by atoms with van der Waals surface area (Å²) in [4.78, 5) is 22.9. The lowest BCUT2D eigenvalue weighted by Crippen LogP contribution is -2.35. The Morgan fingerprint density at radius 2 is 2.29 bits per heavy atom. The number of carboxylic acid groups (broad SMARTS) is 1. The molecule has 0 aliphatic heterocycles. The molecule has 0 spiro atoms. The van der Waals surface area contributed by atoms with Crippen LogP contribution in [-0.4, -0.2) is 29.4 Å². The van der Waals surface area contributed by atoms with Gasteiger partial charge in [-0.05, 0) is 17.5 Å². The zero-order valence-electron chi connectivity index (χ0n) is 7.14. The van der Waals surface area contributed by atoms with Crippen LogP contribution in [0.15, 0.2) is 17.5 Å². The van der Waals surface area contributed by atoms with E-state index in [0.29, 0.717) is 5.00 Å². The van der Waals surface area contributed by atoms with E-state index in [1.54, 1.807) is 17.5 Å². The molecule has 14 heavy (non-hydrogen) atoms. The summed E-state index contributed by atoms with van der Waals surface area (Å²) in [5, 5.41) is 11.0. The number of halogens is 1. The minimum Gasteiger partial charge on any atom is -0.480 e. The van der Waals surface area contributed by atoms with E-state index in [2.05, 4.69) is 0 Å². The van der Waals surface area contributed by atoms with E-state index in [0.717, 1.165) is 4.90 Å². The van der Waals surface area contributed by atoms with Crippen LogP contribution in [0.25, 0.3) is 0 Å². The third kappa shape index (κ3) is 2.71. The molecule has 1 heterocycles. The average Bonchev–Trinajstić information content (AvgIpc) is 2.65. The fourth-order valence-corrected chi connectivity index (χ4v) is 1.81. The third-order valence-corrected chi connectivity index (χ3v) is 2.60. The van der Waals surface area contributed by atoms with Crippen molar-refractivity contribution in [3.8, 4) is 0 Å². The van der Waals surface area contributed by atoms with Gasteiger partial charge in [0.05, 0.1) is 5.00 Å². The molecule has 1 amide bonds. The van der Waals surface area contributed by atoms with E-state index in [1.807, 2.05) is 0 Å². The number of hydrogen-bond donors (Lipinski definition) is 1. The molecule has 0 saturated carbocycles. The van der Waals surface area contributed by atoms with Crippen LogP contribution in [0.4, 0.5) is 5.00 Å². The smallest absolute Gasteiger partial charge is 0.323 e. The van der Waals surface area contributed by atoms with Gasteiger partial charge < -0.3 is 5.11 Å². The van der Waals surface area contributed by atoms with Gasteiger partial charge in [-0.2, -0.15) is 0 Å². The average molecular weight is 234 g/mol. The summed E-state index contributed by atoms with van der Waals surface area (Å²) >= 11 is 6.67. The zero-order valence-corrected chi connectivity index (χ0v) is 8.72. The van der Waals surface area contributed by atoms with Gasteiger partial charge in [0.2, 0.25) is 5.91 Å². The molecule has 0 aliphatic carbocycles. The fraction of sp³-hybridized carbons (Fsp3) is 0.250. The third-order valence-electron chi connectivity index (χ3n) is 1.48. The lowest BCUT2D eigenvalue weighted by atomic mass is 10.4. The zero-order chi connectivity index (χ0) is 10.6. The summed E-state index contributed by atoms with van der Waals surface area (Å²) < 4.78 is 0. The first kappa shape index (κ1) is 11.0. The van der Waals surface area contributed by atoms with Crippen LogP contribution < -0.4 is 4.90 Å². The van der Waals surface area contributed by atoms with Crippen molar-refractivity contribution < 1.29 is 14.7 Å². The van der Waals surface area contributed by atoms with Crippen LogP contribution in [0.3, 0.4) is 0 Å². The minimum absolute atomic E-state index is 0.217. The topological polar surface area (TPSA) is 57.6 Å². The number of nitrogens with zero attached hydrogens (tertiary/aromatic N) is 1. The van der Waals surface area contributed by atoms with Gasteiger partial charge in [0, 0.05) is 0 Å². The summed E-state index contributed by atoms with van der Waals surface area (Å²) in [6.07, 6.45) is 0. The molecule has 0 aliphatic rings. The van der Waals surface area contributed by atoms with Crippen LogP contribution >= 0.6 is 22.9 Å². The fourth-order valence-electron chi connectivity index (χ4n) is 0.920. The molecule has 0 saturated heterocycles. The standard InChI is InChI=1S/C8H8ClNO3S/c9-4-6(11)10(5-8(12)13)7-2-1-3-14-7/h1-3H,4-5H2,(H,12,13). The van der Waals surface area contributed by atoms with Crippen LogP contribution in [0.1, 0.15) is 0 Å². The molecule has 4 nitrogen and oxygen atoms in total. The molecule has 6 heteroatoms. The number of amides is 1. The number of anilines is 1. The van der Waals surface area contributed by atoms with Crippen LogP contribution in [0.5, 0.6) is 0 Å². The van der Waals surface area contributed by atoms with E-state index >= 15 is 0 Å². The first-order valence-electron chi connectivity index (χ1n) is 3.76. The van der Waals surface area contributed by atoms with Gasteiger partial charge in [0.1, 0.15) is 12.4 Å². The van der Waals surface area contributed by atoms with Gasteiger partial charge in [-0.15, -0.1) is 22.9 Å². The lowest BCUT2D eigenvalue weighted by Gasteiger charge is -2.16. The number of thiophene rings is 1. The highest BCUT2D eigenvalue weighted by Crippen LogP contribution is 2.21. The number of rotatable bonds is 4. The Balaban J connectivity index is 2.82. The van der Waals surface area contributed by atoms with Crippen molar-refractivity contribution in [3.05, 3.63) is 17.5 Å². The van der Waals surface area contributed by atoms with Gasteiger partial charge in [-0.1, -0.05) is 0 Å². The Kier molecular flexibility index (Phi) is 3.91. The molecular weight excluding hydrogens is 226 g/mol. The molecule has 0 radical (unpaired) electrons. The predicted molar refractivity (Wildman–Crippen MR) is 55.0 cm³/mol. The molecule has 0 aromatic carbocycles. The van der Waals surface area contributed by atoms with Gasteiger partial charge in [0.25, 0.3) is 0 Å². The lowest BCUT2D eigenvalue weighted by molar-refractivity contribution is -0.136. The molecule has 0 fully saturated rings. The van der Waals surface area contributed by atoms with Gasteiger partial charge >= 0.3 is 5.97 Å². The first-order valence-corrected chi connectivity index (χ1v) is 5.18.